The number of hydrogen-bond acceptors (Lipinski definition) is 9. The molecule has 66 heavy (non-hydrogen) atoms. The molecule has 1 saturated heterocycles. The highest BCUT2D eigenvalue weighted by atomic mass is 16.5. The summed E-state index contributed by atoms with van der Waals surface area (Å²) in [6.07, 6.45) is 12.1. The number of esters is 1. The molecule has 2 aliphatic heterocycles. The summed E-state index contributed by atoms with van der Waals surface area (Å²) < 4.78 is 6.13. The minimum absolute atomic E-state index is 0.0724. The second-order valence-electron chi connectivity index (χ2n) is 17.6. The Morgan fingerprint density at radius 3 is 2.18 bits per heavy atom. The molecular weight excluding hydrogens is 835 g/mol. The van der Waals surface area contributed by atoms with E-state index < -0.39 is 71.8 Å². The SMILES string of the molecule is CC(=O)CCC1C(=O)NC(C(C)C)C(=O)NC(Cc2ccccc2)C(=O)N2CCCC(N2)C(=O)O[C@H](/C(C)=C/C=C/C(=O)Nc2ccc(-c3ccccc3)cc2)C/C=C/C=C/CC(C)C1O. The third-order valence-corrected chi connectivity index (χ3v) is 11.9. The van der Waals surface area contributed by atoms with E-state index in [0.717, 1.165) is 16.7 Å². The maximum absolute atomic E-state index is 14.4. The number of nitrogens with zero attached hydrogens (tertiary/aromatic N) is 1. The van der Waals surface area contributed by atoms with Gasteiger partial charge in [-0.15, -0.1) is 0 Å². The van der Waals surface area contributed by atoms with Crippen LogP contribution in [0.3, 0.4) is 0 Å². The molecule has 3 aromatic carbocycles. The molecule has 350 valence electrons. The number of aliphatic hydroxyl groups excluding tert-OH is 1. The van der Waals surface area contributed by atoms with Gasteiger partial charge in [-0.3, -0.25) is 29.0 Å². The zero-order valence-corrected chi connectivity index (χ0v) is 38.7. The number of amides is 4. The van der Waals surface area contributed by atoms with Gasteiger partial charge >= 0.3 is 5.97 Å². The van der Waals surface area contributed by atoms with Crippen LogP contribution in [0.5, 0.6) is 0 Å². The van der Waals surface area contributed by atoms with Crippen molar-refractivity contribution in [1.29, 1.82) is 0 Å². The number of cyclic esters (lactones) is 1. The van der Waals surface area contributed by atoms with Gasteiger partial charge < -0.3 is 30.6 Å². The maximum atomic E-state index is 14.4. The lowest BCUT2D eigenvalue weighted by Crippen LogP contribution is -2.62. The number of nitrogens with one attached hydrogen (secondary N) is 4. The molecule has 2 aliphatic rings. The van der Waals surface area contributed by atoms with Crippen molar-refractivity contribution in [1.82, 2.24) is 21.1 Å². The summed E-state index contributed by atoms with van der Waals surface area (Å²) in [4.78, 5) is 81.4. The summed E-state index contributed by atoms with van der Waals surface area (Å²) in [6, 6.07) is 23.7. The second-order valence-corrected chi connectivity index (χ2v) is 17.6. The largest absolute Gasteiger partial charge is 0.456 e. The smallest absolute Gasteiger partial charge is 0.325 e. The van der Waals surface area contributed by atoms with Crippen LogP contribution in [0, 0.1) is 17.8 Å². The first-order valence-corrected chi connectivity index (χ1v) is 22.9. The van der Waals surface area contributed by atoms with Crippen molar-refractivity contribution in [2.75, 3.05) is 11.9 Å². The molecule has 13 heteroatoms. The molecule has 5 rings (SSSR count). The Bertz CT molecular complexity index is 2240. The molecule has 5 N–H and O–H groups in total. The molecule has 3 aromatic rings. The standard InChI is InChI=1S/C53H65N5O8/c1-35(2)48-51(63)55-45(34-39-20-11-8-12-21-39)52(64)58-33-17-24-44(57-58)53(65)66-46(25-15-7-6-10-18-37(4)49(61)43(50(62)56-48)32-27-38(5)59)36(3)19-16-26-47(60)54-42-30-28-41(29-31-42)40-22-13-9-14-23-40/h6-16,19-23,26,28-31,35,37,43-46,48-49,57,61H,17-18,24-25,27,32-34H2,1-5H3,(H,54,60)(H,55,63)(H,56,62)/b10-6+,15-7+,26-16+,36-19+/t37?,43?,44?,45?,46-,48?,49?/m0/s1. The Labute approximate surface area is 388 Å². The van der Waals surface area contributed by atoms with E-state index in [1.807, 2.05) is 123 Å². The number of hydrazine groups is 1. The van der Waals surface area contributed by atoms with Gasteiger partial charge in [0.25, 0.3) is 5.91 Å². The van der Waals surface area contributed by atoms with Crippen LogP contribution in [-0.4, -0.2) is 82.4 Å². The lowest BCUT2D eigenvalue weighted by molar-refractivity contribution is -0.156. The Morgan fingerprint density at radius 2 is 1.52 bits per heavy atom. The predicted octanol–water partition coefficient (Wildman–Crippen LogP) is 6.96. The summed E-state index contributed by atoms with van der Waals surface area (Å²) in [6.45, 7) is 8.87. The molecule has 4 amide bonds. The fourth-order valence-electron chi connectivity index (χ4n) is 7.92. The number of hydrogen-bond donors (Lipinski definition) is 5. The van der Waals surface area contributed by atoms with Crippen molar-refractivity contribution in [2.45, 2.75) is 110 Å². The Kier molecular flexibility index (Phi) is 19.4. The maximum Gasteiger partial charge on any atom is 0.325 e. The van der Waals surface area contributed by atoms with E-state index in [1.165, 1.54) is 18.0 Å². The van der Waals surface area contributed by atoms with Crippen molar-refractivity contribution in [3.8, 4) is 11.1 Å². The fourth-order valence-corrected chi connectivity index (χ4v) is 7.92. The molecular formula is C53H65N5O8. The molecule has 0 radical (unpaired) electrons. The van der Waals surface area contributed by atoms with Gasteiger partial charge in [-0.2, -0.15) is 0 Å². The molecule has 0 aromatic heterocycles. The molecule has 2 heterocycles. The molecule has 1 fully saturated rings. The number of aliphatic hydroxyl groups is 1. The lowest BCUT2D eigenvalue weighted by Gasteiger charge is -2.36. The highest BCUT2D eigenvalue weighted by Gasteiger charge is 2.38. The number of Topliss-reactive ketones (excluding diaryl/α,β-unsaturated/α-hetero) is 1. The first-order valence-electron chi connectivity index (χ1n) is 22.9. The van der Waals surface area contributed by atoms with Crippen molar-refractivity contribution >= 4 is 41.1 Å². The number of anilines is 1. The van der Waals surface area contributed by atoms with Crippen LogP contribution < -0.4 is 21.4 Å². The monoisotopic (exact) mass is 899 g/mol. The lowest BCUT2D eigenvalue weighted by atomic mass is 9.85. The highest BCUT2D eigenvalue weighted by molar-refractivity contribution is 5.99. The molecule has 0 saturated carbocycles. The predicted molar refractivity (Wildman–Crippen MR) is 256 cm³/mol. The van der Waals surface area contributed by atoms with Crippen LogP contribution in [0.15, 0.2) is 133 Å². The van der Waals surface area contributed by atoms with E-state index in [2.05, 4.69) is 21.4 Å². The number of ether oxygens (including phenoxy) is 1. The van der Waals surface area contributed by atoms with Crippen LogP contribution in [0.2, 0.25) is 0 Å². The number of carbonyl (C=O) groups excluding carboxylic acids is 6. The van der Waals surface area contributed by atoms with Crippen molar-refractivity contribution in [3.05, 3.63) is 139 Å². The zero-order valence-electron chi connectivity index (χ0n) is 38.7. The van der Waals surface area contributed by atoms with Gasteiger partial charge in [0.15, 0.2) is 0 Å². The van der Waals surface area contributed by atoms with E-state index in [9.17, 15) is 33.9 Å². The zero-order chi connectivity index (χ0) is 47.6. The molecule has 13 nitrogen and oxygen atoms in total. The second kappa shape index (κ2) is 25.3. The number of carbonyl (C=O) groups is 6. The van der Waals surface area contributed by atoms with Crippen LogP contribution in [0.25, 0.3) is 11.1 Å². The van der Waals surface area contributed by atoms with E-state index in [1.54, 1.807) is 26.0 Å². The Hall–Kier alpha value is -6.44. The van der Waals surface area contributed by atoms with Gasteiger partial charge in [0.2, 0.25) is 17.7 Å². The number of fused-ring (bicyclic) bond motifs is 2. The molecule has 6 unspecified atom stereocenters. The average molecular weight is 900 g/mol. The van der Waals surface area contributed by atoms with Gasteiger partial charge in [-0.25, -0.2) is 5.43 Å². The van der Waals surface area contributed by atoms with Crippen LogP contribution in [-0.2, 0) is 39.9 Å². The minimum atomic E-state index is -1.14. The van der Waals surface area contributed by atoms with Crippen LogP contribution in [0.1, 0.15) is 78.7 Å². The average Bonchev–Trinajstić information content (AvgIpc) is 3.31. The van der Waals surface area contributed by atoms with Gasteiger partial charge in [0, 0.05) is 37.6 Å². The topological polar surface area (TPSA) is 183 Å². The van der Waals surface area contributed by atoms with E-state index >= 15 is 0 Å². The van der Waals surface area contributed by atoms with Crippen LogP contribution in [0.4, 0.5) is 5.69 Å². The highest BCUT2D eigenvalue weighted by Crippen LogP contribution is 2.24. The Balaban J connectivity index is 1.39. The first-order chi connectivity index (χ1) is 31.7. The van der Waals surface area contributed by atoms with Gasteiger partial charge in [-0.1, -0.05) is 130 Å². The normalized spacial score (nSPS) is 25.2. The fraction of sp³-hybridized carbons (Fsp3) is 0.396. The van der Waals surface area contributed by atoms with Gasteiger partial charge in [-0.05, 0) is 85.8 Å². The molecule has 0 aliphatic carbocycles. The number of allylic oxidation sites excluding steroid dienone is 5. The van der Waals surface area contributed by atoms with Crippen molar-refractivity contribution < 1.29 is 38.6 Å². The molecule has 2 bridgehead atoms. The third kappa shape index (κ3) is 15.3. The summed E-state index contributed by atoms with van der Waals surface area (Å²) in [5.74, 6) is -4.42. The van der Waals surface area contributed by atoms with Crippen molar-refractivity contribution in [3.63, 3.8) is 0 Å². The summed E-state index contributed by atoms with van der Waals surface area (Å²) in [5.41, 5.74) is 7.27. The molecule has 7 atom stereocenters. The summed E-state index contributed by atoms with van der Waals surface area (Å²) in [5, 5.41) is 21.5. The minimum Gasteiger partial charge on any atom is -0.456 e. The first kappa shape index (κ1) is 50.6. The quantitative estimate of drug-likeness (QED) is 0.0772. The summed E-state index contributed by atoms with van der Waals surface area (Å²) in [7, 11) is 0. The van der Waals surface area contributed by atoms with Gasteiger partial charge in [0.05, 0.1) is 12.0 Å². The number of ketones is 1. The van der Waals surface area contributed by atoms with Crippen molar-refractivity contribution in [2.24, 2.45) is 17.8 Å². The third-order valence-electron chi connectivity index (χ3n) is 11.9. The van der Waals surface area contributed by atoms with Gasteiger partial charge in [0.1, 0.15) is 30.0 Å². The van der Waals surface area contributed by atoms with E-state index in [4.69, 9.17) is 4.74 Å². The number of rotatable bonds is 11. The summed E-state index contributed by atoms with van der Waals surface area (Å²) >= 11 is 0. The Morgan fingerprint density at radius 1 is 0.864 bits per heavy atom. The molecule has 0 spiro atoms. The van der Waals surface area contributed by atoms with Crippen LogP contribution >= 0.6 is 0 Å². The number of benzene rings is 3. The van der Waals surface area contributed by atoms with E-state index in [0.29, 0.717) is 30.5 Å². The van der Waals surface area contributed by atoms with E-state index in [-0.39, 0.29) is 43.9 Å².